The summed E-state index contributed by atoms with van der Waals surface area (Å²) in [7, 11) is 1.60. The topological polar surface area (TPSA) is 128 Å². The minimum Gasteiger partial charge on any atom is -0.441 e. The number of ether oxygens (including phenoxy) is 3. The van der Waals surface area contributed by atoms with Crippen LogP contribution in [0.1, 0.15) is 37.3 Å². The third-order valence-electron chi connectivity index (χ3n) is 5.63. The van der Waals surface area contributed by atoms with E-state index in [9.17, 15) is 9.18 Å². The monoisotopic (exact) mass is 445 g/mol. The number of nitrogens with one attached hydrogen (secondary N) is 3. The number of hydrogen-bond acceptors (Lipinski definition) is 8. The molecule has 3 aromatic heterocycles. The van der Waals surface area contributed by atoms with Crippen molar-refractivity contribution in [3.05, 3.63) is 35.9 Å². The number of hydrogen-bond donors (Lipinski definition) is 3. The molecule has 0 bridgehead atoms. The van der Waals surface area contributed by atoms with Gasteiger partial charge in [0.25, 0.3) is 0 Å². The number of alkyl carbamates (subject to hydrolysis) is 1. The largest absolute Gasteiger partial charge is 0.441 e. The van der Waals surface area contributed by atoms with Crippen LogP contribution in [0.4, 0.5) is 20.8 Å². The number of fused-ring (bicyclic) bond motifs is 1. The smallest absolute Gasteiger partial charge is 0.408 e. The molecule has 12 heteroatoms. The van der Waals surface area contributed by atoms with E-state index in [1.165, 1.54) is 0 Å². The highest BCUT2D eigenvalue weighted by Crippen LogP contribution is 2.36. The van der Waals surface area contributed by atoms with Gasteiger partial charge in [-0.1, -0.05) is 0 Å². The van der Waals surface area contributed by atoms with Crippen LogP contribution in [0.5, 0.6) is 0 Å². The lowest BCUT2D eigenvalue weighted by Crippen LogP contribution is -2.39. The Kier molecular flexibility index (Phi) is 5.18. The molecule has 32 heavy (non-hydrogen) atoms. The fourth-order valence-electron chi connectivity index (χ4n) is 3.62. The van der Waals surface area contributed by atoms with Gasteiger partial charge in [0, 0.05) is 31.1 Å². The fourth-order valence-corrected chi connectivity index (χ4v) is 3.62. The van der Waals surface area contributed by atoms with Gasteiger partial charge >= 0.3 is 6.09 Å². The summed E-state index contributed by atoms with van der Waals surface area (Å²) in [6.07, 6.45) is 1.09. The summed E-state index contributed by atoms with van der Waals surface area (Å²) in [6.45, 7) is 2.27. The molecule has 3 N–H and O–H groups in total. The van der Waals surface area contributed by atoms with E-state index in [0.717, 1.165) is 24.1 Å². The molecule has 0 spiro atoms. The van der Waals surface area contributed by atoms with Crippen molar-refractivity contribution in [2.24, 2.45) is 0 Å². The lowest BCUT2D eigenvalue weighted by Gasteiger charge is -2.17. The van der Waals surface area contributed by atoms with E-state index in [2.05, 4.69) is 30.9 Å². The van der Waals surface area contributed by atoms with Gasteiger partial charge in [-0.3, -0.25) is 5.10 Å². The Hall–Kier alpha value is -3.25. The molecule has 1 amide bonds. The first-order valence-electron chi connectivity index (χ1n) is 10.3. The fraction of sp³-hybridized carbons (Fsp3) is 0.500. The molecule has 1 aliphatic heterocycles. The Bertz CT molecular complexity index is 1130. The highest BCUT2D eigenvalue weighted by atomic mass is 19.1. The summed E-state index contributed by atoms with van der Waals surface area (Å²) < 4.78 is 32.5. The van der Waals surface area contributed by atoms with E-state index in [4.69, 9.17) is 14.2 Å². The number of carbonyl (C=O) groups is 1. The maximum absolute atomic E-state index is 14.9. The van der Waals surface area contributed by atoms with Gasteiger partial charge in [-0.15, -0.1) is 0 Å². The number of halogens is 1. The van der Waals surface area contributed by atoms with Gasteiger partial charge in [-0.25, -0.2) is 18.7 Å². The molecule has 2 fully saturated rings. The van der Waals surface area contributed by atoms with Crippen molar-refractivity contribution in [1.29, 1.82) is 0 Å². The summed E-state index contributed by atoms with van der Waals surface area (Å²) in [5, 5.41) is 17.2. The van der Waals surface area contributed by atoms with Crippen LogP contribution in [-0.4, -0.2) is 62.4 Å². The molecular formula is C20H24FN7O4. The second kappa shape index (κ2) is 8.02. The first kappa shape index (κ1) is 20.6. The van der Waals surface area contributed by atoms with E-state index < -0.39 is 24.5 Å². The summed E-state index contributed by atoms with van der Waals surface area (Å²) in [6, 6.07) is 3.50. The van der Waals surface area contributed by atoms with Crippen molar-refractivity contribution in [3.63, 3.8) is 0 Å². The molecule has 2 aliphatic rings. The second-order valence-electron chi connectivity index (χ2n) is 8.34. The number of methoxy groups -OCH3 is 1. The van der Waals surface area contributed by atoms with Crippen molar-refractivity contribution in [3.8, 4) is 0 Å². The molecule has 3 atom stereocenters. The van der Waals surface area contributed by atoms with E-state index in [-0.39, 0.29) is 12.1 Å². The van der Waals surface area contributed by atoms with Crippen LogP contribution in [-0.2, 0) is 20.8 Å². The quantitative estimate of drug-likeness (QED) is 0.506. The zero-order valence-corrected chi connectivity index (χ0v) is 17.7. The maximum Gasteiger partial charge on any atom is 0.408 e. The molecule has 1 aliphatic carbocycles. The molecular weight excluding hydrogens is 421 g/mol. The van der Waals surface area contributed by atoms with E-state index in [1.807, 2.05) is 13.0 Å². The Morgan fingerprint density at radius 1 is 1.44 bits per heavy atom. The summed E-state index contributed by atoms with van der Waals surface area (Å²) in [4.78, 5) is 16.3. The average Bonchev–Trinajstić information content (AvgIpc) is 3.12. The molecule has 0 aromatic carbocycles. The Balaban J connectivity index is 1.25. The van der Waals surface area contributed by atoms with Gasteiger partial charge in [0.1, 0.15) is 11.6 Å². The van der Waals surface area contributed by atoms with E-state index in [1.54, 1.807) is 30.1 Å². The van der Waals surface area contributed by atoms with Crippen molar-refractivity contribution < 1.29 is 23.4 Å². The maximum atomic E-state index is 14.9. The number of alkyl halides is 1. The van der Waals surface area contributed by atoms with Crippen molar-refractivity contribution >= 4 is 23.2 Å². The molecule has 4 heterocycles. The highest BCUT2D eigenvalue weighted by molar-refractivity contribution is 5.72. The number of rotatable bonds is 7. The number of aromatic nitrogens is 5. The minimum atomic E-state index is -1.52. The van der Waals surface area contributed by atoms with Crippen LogP contribution in [0.2, 0.25) is 0 Å². The van der Waals surface area contributed by atoms with Crippen LogP contribution in [0.15, 0.2) is 24.5 Å². The van der Waals surface area contributed by atoms with Crippen molar-refractivity contribution in [2.75, 3.05) is 19.0 Å². The molecule has 11 nitrogen and oxygen atoms in total. The molecule has 5 rings (SSSR count). The Morgan fingerprint density at radius 3 is 3.06 bits per heavy atom. The number of carbonyl (C=O) groups excluding carboxylic acids is 1. The number of amides is 1. The van der Waals surface area contributed by atoms with Crippen LogP contribution in [0.3, 0.4) is 0 Å². The Labute approximate surface area is 182 Å². The molecule has 0 radical (unpaired) electrons. The molecule has 3 aromatic rings. The zero-order valence-electron chi connectivity index (χ0n) is 17.7. The van der Waals surface area contributed by atoms with Crippen LogP contribution in [0.25, 0.3) is 5.52 Å². The number of nitrogens with zero attached hydrogens (tertiary/aromatic N) is 4. The average molecular weight is 445 g/mol. The lowest BCUT2D eigenvalue weighted by atomic mass is 10.1. The van der Waals surface area contributed by atoms with Crippen LogP contribution in [0, 0.1) is 0 Å². The number of anilines is 2. The number of H-pyrrole nitrogens is 1. The lowest BCUT2D eigenvalue weighted by molar-refractivity contribution is 0.0604. The first-order valence-corrected chi connectivity index (χ1v) is 10.3. The van der Waals surface area contributed by atoms with E-state index in [0.29, 0.717) is 23.9 Å². The molecule has 1 saturated carbocycles. The van der Waals surface area contributed by atoms with Gasteiger partial charge in [0.15, 0.2) is 23.9 Å². The summed E-state index contributed by atoms with van der Waals surface area (Å²) >= 11 is 0. The highest BCUT2D eigenvalue weighted by Gasteiger charge is 2.44. The number of aromatic amines is 1. The summed E-state index contributed by atoms with van der Waals surface area (Å²) in [5.41, 5.74) is 1.70. The molecule has 1 saturated heterocycles. The normalized spacial score (nSPS) is 23.9. The van der Waals surface area contributed by atoms with Gasteiger partial charge in [0.2, 0.25) is 0 Å². The van der Waals surface area contributed by atoms with Gasteiger partial charge < -0.3 is 24.8 Å². The van der Waals surface area contributed by atoms with Gasteiger partial charge in [-0.2, -0.15) is 10.2 Å². The van der Waals surface area contributed by atoms with Crippen LogP contribution < -0.4 is 10.6 Å². The molecule has 170 valence electrons. The first-order chi connectivity index (χ1) is 15.4. The Morgan fingerprint density at radius 2 is 2.28 bits per heavy atom. The zero-order chi connectivity index (χ0) is 22.3. The van der Waals surface area contributed by atoms with E-state index >= 15 is 0 Å². The predicted octanol–water partition coefficient (Wildman–Crippen LogP) is 2.40. The standard InChI is InChI=1S/C20H24FN7O4/c1-20(3-4-20)24-19(29)32-14-10-31-17(16(14)21)12-8-15(26-25-12)23-18-13-7-11(9-30-2)27-28(13)6-5-22-18/h5-8,14,16-17H,3-4,9-10H2,1-2H3,(H,24,29)(H2,22,23,25,26)/t14-,16+,17-/m1/s1. The van der Waals surface area contributed by atoms with Gasteiger partial charge in [0.05, 0.1) is 24.6 Å². The van der Waals surface area contributed by atoms with Crippen molar-refractivity contribution in [1.82, 2.24) is 30.1 Å². The third kappa shape index (κ3) is 4.10. The second-order valence-corrected chi connectivity index (χ2v) is 8.34. The summed E-state index contributed by atoms with van der Waals surface area (Å²) in [5.74, 6) is 0.977. The minimum absolute atomic E-state index is 0.0310. The predicted molar refractivity (Wildman–Crippen MR) is 110 cm³/mol. The van der Waals surface area contributed by atoms with Crippen LogP contribution >= 0.6 is 0 Å². The third-order valence-corrected chi connectivity index (χ3v) is 5.63. The SMILES string of the molecule is COCc1cc2c(Nc3cc([C@H]4OC[C@@H](OC(=O)NC5(C)CC5)[C@@H]4F)[nH]n3)nccn2n1. The molecule has 0 unspecified atom stereocenters. The van der Waals surface area contributed by atoms with Crippen molar-refractivity contribution in [2.45, 2.75) is 50.3 Å². The van der Waals surface area contributed by atoms with Gasteiger partial charge in [-0.05, 0) is 25.8 Å².